The van der Waals surface area contributed by atoms with Crippen molar-refractivity contribution in [1.82, 2.24) is 4.90 Å². The van der Waals surface area contributed by atoms with Crippen LogP contribution in [0.2, 0.25) is 0 Å². The van der Waals surface area contributed by atoms with E-state index in [0.29, 0.717) is 18.5 Å². The van der Waals surface area contributed by atoms with Gasteiger partial charge in [-0.15, -0.1) is 0 Å². The van der Waals surface area contributed by atoms with E-state index in [1.165, 1.54) is 6.07 Å². The Hall–Kier alpha value is -1.72. The van der Waals surface area contributed by atoms with Gasteiger partial charge in [-0.1, -0.05) is 0 Å². The van der Waals surface area contributed by atoms with Crippen LogP contribution >= 0.6 is 0 Å². The minimum atomic E-state index is -3.01. The zero-order chi connectivity index (χ0) is 14.2. The lowest BCUT2D eigenvalue weighted by molar-refractivity contribution is -0.0500. The molecule has 0 N–H and O–H groups in total. The second-order valence-corrected chi connectivity index (χ2v) is 4.66. The Morgan fingerprint density at radius 2 is 2.00 bits per heavy atom. The van der Waals surface area contributed by atoms with Gasteiger partial charge in [-0.3, -0.25) is 4.79 Å². The van der Waals surface area contributed by atoms with Gasteiger partial charge in [-0.05, 0) is 31.9 Å². The van der Waals surface area contributed by atoms with Gasteiger partial charge in [-0.2, -0.15) is 8.78 Å². The summed E-state index contributed by atoms with van der Waals surface area (Å²) in [5, 5.41) is 0. The Bertz CT molecular complexity index is 503. The Morgan fingerprint density at radius 1 is 1.32 bits per heavy atom. The van der Waals surface area contributed by atoms with Crippen molar-refractivity contribution in [3.63, 3.8) is 0 Å². The molecule has 6 heteroatoms. The van der Waals surface area contributed by atoms with Crippen LogP contribution in [0.1, 0.15) is 29.8 Å². The number of benzene rings is 1. The number of rotatable bonds is 3. The highest BCUT2D eigenvalue weighted by Gasteiger charge is 2.29. The number of nitrogens with zero attached hydrogens (tertiary/aromatic N) is 1. The molecule has 0 saturated carbocycles. The van der Waals surface area contributed by atoms with E-state index >= 15 is 0 Å². The van der Waals surface area contributed by atoms with Crippen LogP contribution in [0.3, 0.4) is 0 Å². The first-order chi connectivity index (χ1) is 8.90. The van der Waals surface area contributed by atoms with Gasteiger partial charge in [0.2, 0.25) is 0 Å². The Kier molecular flexibility index (Phi) is 3.68. The van der Waals surface area contributed by atoms with E-state index in [9.17, 15) is 18.0 Å². The molecule has 0 atom stereocenters. The number of amides is 1. The molecule has 1 aliphatic rings. The fourth-order valence-electron chi connectivity index (χ4n) is 2.22. The lowest BCUT2D eigenvalue weighted by atomic mass is 9.97. The predicted octanol–water partition coefficient (Wildman–Crippen LogP) is 2.83. The highest BCUT2D eigenvalue weighted by molar-refractivity contribution is 5.97. The molecular weight excluding hydrogens is 259 g/mol. The fraction of sp³-hybridized carbons (Fsp3) is 0.462. The van der Waals surface area contributed by atoms with Gasteiger partial charge in [0.05, 0.1) is 5.56 Å². The van der Waals surface area contributed by atoms with E-state index < -0.39 is 18.3 Å². The monoisotopic (exact) mass is 273 g/mol. The first kappa shape index (κ1) is 13.7. The molecule has 1 aromatic rings. The van der Waals surface area contributed by atoms with Gasteiger partial charge >= 0.3 is 6.61 Å². The average Bonchev–Trinajstić information content (AvgIpc) is 2.26. The quantitative estimate of drug-likeness (QED) is 0.847. The zero-order valence-electron chi connectivity index (χ0n) is 10.6. The number of hydrogen-bond donors (Lipinski definition) is 0. The summed E-state index contributed by atoms with van der Waals surface area (Å²) in [5.74, 6) is -1.47. The summed E-state index contributed by atoms with van der Waals surface area (Å²) in [6, 6.07) is 2.10. The minimum absolute atomic E-state index is 0.0305. The summed E-state index contributed by atoms with van der Waals surface area (Å²) in [4.78, 5) is 13.7. The lowest BCUT2D eigenvalue weighted by Crippen LogP contribution is -2.42. The number of ether oxygens (including phenoxy) is 1. The number of hydrogen-bond acceptors (Lipinski definition) is 2. The maximum Gasteiger partial charge on any atom is 0.387 e. The van der Waals surface area contributed by atoms with E-state index in [1.807, 2.05) is 13.8 Å². The summed E-state index contributed by atoms with van der Waals surface area (Å²) in [6.07, 6.45) is 0.427. The largest absolute Gasteiger partial charge is 0.435 e. The number of halogens is 3. The predicted molar refractivity (Wildman–Crippen MR) is 62.9 cm³/mol. The number of fused-ring (bicyclic) bond motifs is 1. The zero-order valence-corrected chi connectivity index (χ0v) is 10.6. The summed E-state index contributed by atoms with van der Waals surface area (Å²) in [5.41, 5.74) is 0.374. The third-order valence-electron chi connectivity index (χ3n) is 3.09. The van der Waals surface area contributed by atoms with Crippen molar-refractivity contribution in [3.05, 3.63) is 29.1 Å². The van der Waals surface area contributed by atoms with Crippen LogP contribution in [0.5, 0.6) is 5.75 Å². The molecule has 1 amide bonds. The summed E-state index contributed by atoms with van der Waals surface area (Å²) >= 11 is 0. The number of alkyl halides is 2. The first-order valence-electron chi connectivity index (χ1n) is 5.98. The molecule has 1 heterocycles. The van der Waals surface area contributed by atoms with Gasteiger partial charge in [-0.25, -0.2) is 4.39 Å². The minimum Gasteiger partial charge on any atom is -0.435 e. The highest BCUT2D eigenvalue weighted by atomic mass is 19.3. The van der Waals surface area contributed by atoms with Crippen LogP contribution < -0.4 is 4.74 Å². The van der Waals surface area contributed by atoms with Gasteiger partial charge in [0.1, 0.15) is 11.6 Å². The smallest absolute Gasteiger partial charge is 0.387 e. The van der Waals surface area contributed by atoms with E-state index in [0.717, 1.165) is 6.07 Å². The molecule has 0 unspecified atom stereocenters. The van der Waals surface area contributed by atoms with Crippen LogP contribution in [0.25, 0.3) is 0 Å². The topological polar surface area (TPSA) is 29.5 Å². The van der Waals surface area contributed by atoms with E-state index in [-0.39, 0.29) is 17.4 Å². The molecule has 2 rings (SSSR count). The SMILES string of the molecule is CC(C)N1CCc2cc(OC(F)F)cc(F)c2C1=O. The molecule has 3 nitrogen and oxygen atoms in total. The first-order valence-corrected chi connectivity index (χ1v) is 5.98. The Labute approximate surface area is 109 Å². The Balaban J connectivity index is 2.38. The highest BCUT2D eigenvalue weighted by Crippen LogP contribution is 2.28. The molecule has 0 radical (unpaired) electrons. The Morgan fingerprint density at radius 3 is 2.58 bits per heavy atom. The standard InChI is InChI=1S/C13H14F3NO2/c1-7(2)17-4-3-8-5-9(19-13(15)16)6-10(14)11(8)12(17)18/h5-7,13H,3-4H2,1-2H3. The molecule has 0 spiro atoms. The molecule has 0 fully saturated rings. The van der Waals surface area contributed by atoms with Gasteiger partial charge in [0, 0.05) is 18.7 Å². The number of carbonyl (C=O) groups is 1. The van der Waals surface area contributed by atoms with Crippen molar-refractivity contribution in [1.29, 1.82) is 0 Å². The summed E-state index contributed by atoms with van der Waals surface area (Å²) in [7, 11) is 0. The van der Waals surface area contributed by atoms with Crippen molar-refractivity contribution in [2.24, 2.45) is 0 Å². The number of carbonyl (C=O) groups excluding carboxylic acids is 1. The van der Waals surface area contributed by atoms with E-state index in [4.69, 9.17) is 0 Å². The van der Waals surface area contributed by atoms with Gasteiger partial charge in [0.25, 0.3) is 5.91 Å². The molecule has 0 saturated heterocycles. The molecule has 1 aliphatic heterocycles. The van der Waals surface area contributed by atoms with Gasteiger partial charge < -0.3 is 9.64 Å². The molecule has 0 aliphatic carbocycles. The van der Waals surface area contributed by atoms with Crippen molar-refractivity contribution in [2.75, 3.05) is 6.54 Å². The second kappa shape index (κ2) is 5.11. The summed E-state index contributed by atoms with van der Waals surface area (Å²) < 4.78 is 42.3. The molecule has 19 heavy (non-hydrogen) atoms. The van der Waals surface area contributed by atoms with Crippen LogP contribution in [0.4, 0.5) is 13.2 Å². The molecular formula is C13H14F3NO2. The second-order valence-electron chi connectivity index (χ2n) is 4.66. The van der Waals surface area contributed by atoms with Crippen molar-refractivity contribution < 1.29 is 22.7 Å². The average molecular weight is 273 g/mol. The summed E-state index contributed by atoms with van der Waals surface area (Å²) in [6.45, 7) is 1.12. The van der Waals surface area contributed by atoms with E-state index in [1.54, 1.807) is 4.90 Å². The molecule has 104 valence electrons. The van der Waals surface area contributed by atoms with E-state index in [2.05, 4.69) is 4.74 Å². The molecule has 0 aromatic heterocycles. The normalized spacial score (nSPS) is 15.1. The molecule has 0 bridgehead atoms. The maximum atomic E-state index is 13.9. The lowest BCUT2D eigenvalue weighted by Gasteiger charge is -2.32. The maximum absolute atomic E-state index is 13.9. The third-order valence-corrected chi connectivity index (χ3v) is 3.09. The van der Waals surface area contributed by atoms with Gasteiger partial charge in [0.15, 0.2) is 0 Å². The van der Waals surface area contributed by atoms with Crippen molar-refractivity contribution >= 4 is 5.91 Å². The molecule has 1 aromatic carbocycles. The van der Waals surface area contributed by atoms with Crippen LogP contribution in [-0.2, 0) is 6.42 Å². The van der Waals surface area contributed by atoms with Crippen LogP contribution in [0, 0.1) is 5.82 Å². The third kappa shape index (κ3) is 2.67. The fourth-order valence-corrected chi connectivity index (χ4v) is 2.22. The van der Waals surface area contributed by atoms with Crippen molar-refractivity contribution in [2.45, 2.75) is 32.9 Å². The van der Waals surface area contributed by atoms with Crippen molar-refractivity contribution in [3.8, 4) is 5.75 Å². The van der Waals surface area contributed by atoms with Crippen LogP contribution in [0.15, 0.2) is 12.1 Å². The van der Waals surface area contributed by atoms with Crippen LogP contribution in [-0.4, -0.2) is 30.0 Å².